The van der Waals surface area contributed by atoms with Crippen molar-refractivity contribution in [2.24, 2.45) is 0 Å². The molecule has 3 aromatic carbocycles. The fourth-order valence-electron chi connectivity index (χ4n) is 4.92. The molecule has 3 aromatic rings. The number of carbonyl (C=O) groups is 3. The molecule has 0 radical (unpaired) electrons. The number of nitrogens with one attached hydrogen (secondary N) is 2. The first kappa shape index (κ1) is 29.4. The number of nitrogens with zero attached hydrogens (tertiary/aromatic N) is 3. The van der Waals surface area contributed by atoms with Crippen LogP contribution in [0.1, 0.15) is 31.9 Å². The molecule has 4 rings (SSSR count). The zero-order valence-electron chi connectivity index (χ0n) is 22.5. The maximum Gasteiger partial charge on any atom is 0.252 e. The third kappa shape index (κ3) is 5.53. The van der Waals surface area contributed by atoms with Gasteiger partial charge in [0.25, 0.3) is 5.91 Å². The van der Waals surface area contributed by atoms with Gasteiger partial charge in [-0.3, -0.25) is 14.4 Å². The molecule has 1 aliphatic heterocycles. The summed E-state index contributed by atoms with van der Waals surface area (Å²) in [6.07, 6.45) is 0. The van der Waals surface area contributed by atoms with E-state index in [9.17, 15) is 19.6 Å². The number of amides is 3. The van der Waals surface area contributed by atoms with Gasteiger partial charge in [0.05, 0.1) is 48.7 Å². The summed E-state index contributed by atoms with van der Waals surface area (Å²) in [4.78, 5) is 43.2. The van der Waals surface area contributed by atoms with E-state index in [2.05, 4.69) is 16.7 Å². The molecule has 2 N–H and O–H groups in total. The van der Waals surface area contributed by atoms with Gasteiger partial charge in [0.2, 0.25) is 11.8 Å². The van der Waals surface area contributed by atoms with E-state index in [1.165, 1.54) is 11.8 Å². The number of methoxy groups -OCH3 is 1. The second kappa shape index (κ2) is 12.2. The largest absolute Gasteiger partial charge is 0.496 e. The van der Waals surface area contributed by atoms with Crippen molar-refractivity contribution in [3.63, 3.8) is 0 Å². The number of likely N-dealkylation sites (N-methyl/N-ethyl adjacent to an activating group) is 1. The van der Waals surface area contributed by atoms with Crippen molar-refractivity contribution in [1.29, 1.82) is 5.26 Å². The third-order valence-electron chi connectivity index (χ3n) is 7.07. The summed E-state index contributed by atoms with van der Waals surface area (Å²) in [5.41, 5.74) is 2.02. The lowest BCUT2D eigenvalue weighted by molar-refractivity contribution is -0.129. The van der Waals surface area contributed by atoms with Crippen LogP contribution in [0.4, 0.5) is 11.4 Å². The molecule has 0 fully saturated rings. The van der Waals surface area contributed by atoms with Crippen molar-refractivity contribution in [2.75, 3.05) is 24.0 Å². The number of halogens is 1. The highest BCUT2D eigenvalue weighted by Crippen LogP contribution is 2.39. The average molecular weight is 550 g/mol. The van der Waals surface area contributed by atoms with Crippen molar-refractivity contribution >= 4 is 52.3 Å². The van der Waals surface area contributed by atoms with Crippen LogP contribution in [0, 0.1) is 11.3 Å². The Morgan fingerprint density at radius 2 is 1.85 bits per heavy atom. The monoisotopic (exact) mass is 549 g/mol. The van der Waals surface area contributed by atoms with E-state index in [0.29, 0.717) is 22.7 Å². The average Bonchev–Trinajstić information content (AvgIpc) is 3.00. The summed E-state index contributed by atoms with van der Waals surface area (Å²) in [6.45, 7) is 4.94. The molecule has 10 heteroatoms. The highest BCUT2D eigenvalue weighted by atomic mass is 35.5. The van der Waals surface area contributed by atoms with Gasteiger partial charge in [-0.25, -0.2) is 0 Å². The Hall–Kier alpha value is -4.13. The Balaban J connectivity index is 0.00000420. The van der Waals surface area contributed by atoms with Gasteiger partial charge in [-0.15, -0.1) is 12.4 Å². The summed E-state index contributed by atoms with van der Waals surface area (Å²) < 4.78 is 5.68. The van der Waals surface area contributed by atoms with Crippen LogP contribution in [0.2, 0.25) is 0 Å². The molecule has 0 saturated heterocycles. The molecule has 1 unspecified atom stereocenters. The molecular formula is C29H32ClN5O4. The van der Waals surface area contributed by atoms with Crippen LogP contribution < -0.4 is 25.2 Å². The van der Waals surface area contributed by atoms with Crippen molar-refractivity contribution in [1.82, 2.24) is 10.6 Å². The molecule has 0 spiro atoms. The van der Waals surface area contributed by atoms with Crippen molar-refractivity contribution < 1.29 is 19.1 Å². The number of hydrogen-bond acceptors (Lipinski definition) is 6. The number of carbonyl (C=O) groups excluding carboxylic acids is 3. The Morgan fingerprint density at radius 1 is 1.13 bits per heavy atom. The van der Waals surface area contributed by atoms with Crippen molar-refractivity contribution in [2.45, 2.75) is 45.4 Å². The van der Waals surface area contributed by atoms with E-state index in [0.717, 1.165) is 16.3 Å². The quantitative estimate of drug-likeness (QED) is 0.486. The number of hydrogen-bond donors (Lipinski definition) is 2. The smallest absolute Gasteiger partial charge is 0.252 e. The highest BCUT2D eigenvalue weighted by molar-refractivity contribution is 6.09. The molecule has 204 valence electrons. The van der Waals surface area contributed by atoms with Crippen LogP contribution in [0.5, 0.6) is 5.75 Å². The second-order valence-corrected chi connectivity index (χ2v) is 9.33. The molecule has 9 nitrogen and oxygen atoms in total. The summed E-state index contributed by atoms with van der Waals surface area (Å²) in [5, 5.41) is 17.2. The number of ether oxygens (including phenoxy) is 1. The lowest BCUT2D eigenvalue weighted by atomic mass is 10.0. The maximum absolute atomic E-state index is 14.3. The van der Waals surface area contributed by atoms with E-state index in [1.54, 1.807) is 51.1 Å². The predicted octanol–water partition coefficient (Wildman–Crippen LogP) is 3.52. The van der Waals surface area contributed by atoms with Crippen LogP contribution in [0.25, 0.3) is 10.8 Å². The lowest BCUT2D eigenvalue weighted by Crippen LogP contribution is -2.59. The number of rotatable bonds is 6. The fraction of sp³-hybridized carbons (Fsp3) is 0.310. The van der Waals surface area contributed by atoms with Crippen LogP contribution in [-0.4, -0.2) is 50.0 Å². The van der Waals surface area contributed by atoms with Crippen LogP contribution in [0.3, 0.4) is 0 Å². The third-order valence-corrected chi connectivity index (χ3v) is 7.07. The van der Waals surface area contributed by atoms with Crippen LogP contribution in [0.15, 0.2) is 54.6 Å². The normalized spacial score (nSPS) is 17.4. The van der Waals surface area contributed by atoms with Gasteiger partial charge in [0, 0.05) is 12.5 Å². The van der Waals surface area contributed by atoms with E-state index in [4.69, 9.17) is 4.74 Å². The van der Waals surface area contributed by atoms with Gasteiger partial charge in [-0.05, 0) is 55.9 Å². The molecule has 0 aliphatic carbocycles. The summed E-state index contributed by atoms with van der Waals surface area (Å²) in [5.74, 6) is -0.449. The summed E-state index contributed by atoms with van der Waals surface area (Å²) in [6, 6.07) is 16.3. The fourth-order valence-corrected chi connectivity index (χ4v) is 4.92. The Labute approximate surface area is 234 Å². The van der Waals surface area contributed by atoms with Gasteiger partial charge in [-0.1, -0.05) is 30.3 Å². The molecule has 1 heterocycles. The summed E-state index contributed by atoms with van der Waals surface area (Å²) in [7, 11) is 3.23. The van der Waals surface area contributed by atoms with E-state index in [-0.39, 0.29) is 36.7 Å². The standard InChI is InChI=1S/C29H31N5O4.ClH/c1-17(31-4)28(36)32-27-18(2)34(19(3)35)25-14-20(15-30)10-12-24(25)33(29(27)37)16-23-22-9-7-6-8-21(22)11-13-26(23)38-5;/h6-14,17-18,27,31H,16H2,1-5H3,(H,32,36);1H/t17?,18-,27-;/m0./s1. The highest BCUT2D eigenvalue weighted by Gasteiger charge is 2.42. The van der Waals surface area contributed by atoms with Gasteiger partial charge in [-0.2, -0.15) is 5.26 Å². The first-order chi connectivity index (χ1) is 18.2. The van der Waals surface area contributed by atoms with Crippen molar-refractivity contribution in [3.05, 3.63) is 65.7 Å². The Bertz CT molecular complexity index is 1450. The molecule has 0 bridgehead atoms. The molecular weight excluding hydrogens is 518 g/mol. The van der Waals surface area contributed by atoms with E-state index >= 15 is 0 Å². The predicted molar refractivity (Wildman–Crippen MR) is 153 cm³/mol. The Kier molecular flexibility index (Phi) is 9.17. The van der Waals surface area contributed by atoms with E-state index in [1.807, 2.05) is 36.4 Å². The number of nitriles is 1. The van der Waals surface area contributed by atoms with Crippen LogP contribution in [-0.2, 0) is 20.9 Å². The maximum atomic E-state index is 14.3. The molecule has 0 saturated carbocycles. The molecule has 39 heavy (non-hydrogen) atoms. The van der Waals surface area contributed by atoms with Crippen LogP contribution >= 0.6 is 12.4 Å². The molecule has 1 aliphatic rings. The first-order valence-electron chi connectivity index (χ1n) is 12.4. The van der Waals surface area contributed by atoms with Crippen molar-refractivity contribution in [3.8, 4) is 11.8 Å². The number of fused-ring (bicyclic) bond motifs is 2. The van der Waals surface area contributed by atoms with E-state index < -0.39 is 18.1 Å². The molecule has 3 atom stereocenters. The van der Waals surface area contributed by atoms with Gasteiger partial charge < -0.3 is 25.2 Å². The zero-order valence-corrected chi connectivity index (χ0v) is 23.3. The topological polar surface area (TPSA) is 115 Å². The summed E-state index contributed by atoms with van der Waals surface area (Å²) >= 11 is 0. The first-order valence-corrected chi connectivity index (χ1v) is 12.4. The minimum atomic E-state index is -1.04. The SMILES string of the molecule is CNC(C)C(=O)N[C@@H]1C(=O)N(Cc2c(OC)ccc3ccccc23)c2ccc(C#N)cc2N(C(C)=O)[C@H]1C.Cl. The zero-order chi connectivity index (χ0) is 27.6. The number of anilines is 2. The number of benzene rings is 3. The molecule has 3 amide bonds. The molecule has 0 aromatic heterocycles. The second-order valence-electron chi connectivity index (χ2n) is 9.33. The minimum Gasteiger partial charge on any atom is -0.496 e. The van der Waals surface area contributed by atoms with Gasteiger partial charge in [0.15, 0.2) is 0 Å². The Morgan fingerprint density at radius 3 is 2.49 bits per heavy atom. The van der Waals surface area contributed by atoms with Gasteiger partial charge in [0.1, 0.15) is 11.8 Å². The minimum absolute atomic E-state index is 0. The van der Waals surface area contributed by atoms with Gasteiger partial charge >= 0.3 is 0 Å². The lowest BCUT2D eigenvalue weighted by Gasteiger charge is -2.32.